The number of benzene rings is 2. The van der Waals surface area contributed by atoms with Gasteiger partial charge in [0.25, 0.3) is 0 Å². The zero-order valence-electron chi connectivity index (χ0n) is 16.9. The van der Waals surface area contributed by atoms with E-state index in [-0.39, 0.29) is 37.7 Å². The lowest BCUT2D eigenvalue weighted by Gasteiger charge is -2.19. The van der Waals surface area contributed by atoms with Gasteiger partial charge in [0.2, 0.25) is 5.75 Å². The molecule has 0 amide bonds. The summed E-state index contributed by atoms with van der Waals surface area (Å²) in [6.45, 7) is 3.98. The Hall–Kier alpha value is -3.22. The van der Waals surface area contributed by atoms with Crippen LogP contribution in [0.1, 0.15) is 29.8 Å². The van der Waals surface area contributed by atoms with Gasteiger partial charge in [-0.25, -0.2) is 4.79 Å². The predicted molar refractivity (Wildman–Crippen MR) is 105 cm³/mol. The van der Waals surface area contributed by atoms with E-state index in [0.717, 1.165) is 16.7 Å². The summed E-state index contributed by atoms with van der Waals surface area (Å²) < 4.78 is 27.2. The van der Waals surface area contributed by atoms with Gasteiger partial charge in [-0.1, -0.05) is 26.0 Å². The van der Waals surface area contributed by atoms with Gasteiger partial charge < -0.3 is 23.7 Å². The Balaban J connectivity index is 1.96. The summed E-state index contributed by atoms with van der Waals surface area (Å²) in [6, 6.07) is 9.05. The van der Waals surface area contributed by atoms with Gasteiger partial charge in [-0.05, 0) is 23.8 Å². The van der Waals surface area contributed by atoms with Crippen LogP contribution in [0.5, 0.6) is 17.2 Å². The first-order valence-corrected chi connectivity index (χ1v) is 9.31. The Labute approximate surface area is 169 Å². The average molecular weight is 400 g/mol. The van der Waals surface area contributed by atoms with E-state index >= 15 is 0 Å². The third-order valence-corrected chi connectivity index (χ3v) is 4.58. The van der Waals surface area contributed by atoms with Gasteiger partial charge in [-0.3, -0.25) is 4.79 Å². The van der Waals surface area contributed by atoms with E-state index in [1.807, 2.05) is 12.1 Å². The van der Waals surface area contributed by atoms with Gasteiger partial charge in [0.05, 0.1) is 25.7 Å². The molecule has 2 aromatic rings. The number of carbonyl (C=O) groups excluding carboxylic acids is 2. The number of esters is 2. The number of cyclic esters (lactones) is 1. The normalized spacial score (nSPS) is 12.4. The van der Waals surface area contributed by atoms with Crippen molar-refractivity contribution in [3.63, 3.8) is 0 Å². The third kappa shape index (κ3) is 4.13. The van der Waals surface area contributed by atoms with Crippen molar-refractivity contribution in [1.82, 2.24) is 0 Å². The Morgan fingerprint density at radius 1 is 1.00 bits per heavy atom. The molecule has 0 aromatic heterocycles. The molecule has 1 aliphatic rings. The van der Waals surface area contributed by atoms with E-state index in [1.165, 1.54) is 7.11 Å². The number of carbonyl (C=O) groups is 2. The zero-order valence-corrected chi connectivity index (χ0v) is 16.9. The van der Waals surface area contributed by atoms with E-state index < -0.39 is 0 Å². The summed E-state index contributed by atoms with van der Waals surface area (Å²) in [6.07, 6.45) is 0. The molecule has 29 heavy (non-hydrogen) atoms. The van der Waals surface area contributed by atoms with Crippen molar-refractivity contribution in [2.45, 2.75) is 20.5 Å². The Morgan fingerprint density at radius 3 is 2.45 bits per heavy atom. The van der Waals surface area contributed by atoms with Crippen molar-refractivity contribution in [2.24, 2.45) is 5.92 Å². The van der Waals surface area contributed by atoms with Gasteiger partial charge in [0.1, 0.15) is 19.8 Å². The summed E-state index contributed by atoms with van der Waals surface area (Å²) >= 11 is 0. The number of hydrogen-bond acceptors (Lipinski definition) is 7. The molecule has 154 valence electrons. The highest BCUT2D eigenvalue weighted by atomic mass is 16.6. The molecule has 1 heterocycles. The first-order valence-electron chi connectivity index (χ1n) is 9.31. The SMILES string of the molecule is COc1ccc(-c2cccc3c2COC3=O)c(OCCOC(=O)C(C)C)c1OC. The predicted octanol–water partition coefficient (Wildman–Crippen LogP) is 3.62. The summed E-state index contributed by atoms with van der Waals surface area (Å²) in [5.41, 5.74) is 2.87. The standard InChI is InChI=1S/C22H24O7/c1-13(2)21(23)28-11-10-27-19-15(8-9-18(25-3)20(19)26-4)14-6-5-7-16-17(14)12-29-22(16)24/h5-9,13H,10-12H2,1-4H3. The van der Waals surface area contributed by atoms with Gasteiger partial charge in [-0.15, -0.1) is 0 Å². The highest BCUT2D eigenvalue weighted by molar-refractivity contribution is 5.96. The zero-order chi connectivity index (χ0) is 21.0. The molecular weight excluding hydrogens is 376 g/mol. The Kier molecular flexibility index (Phi) is 6.26. The summed E-state index contributed by atoms with van der Waals surface area (Å²) in [5.74, 6) is 0.531. The highest BCUT2D eigenvalue weighted by Gasteiger charge is 2.27. The van der Waals surface area contributed by atoms with Gasteiger partial charge in [0.15, 0.2) is 11.5 Å². The Morgan fingerprint density at radius 2 is 1.76 bits per heavy atom. The molecular formula is C22H24O7. The monoisotopic (exact) mass is 400 g/mol. The van der Waals surface area contributed by atoms with Crippen LogP contribution in [0.4, 0.5) is 0 Å². The number of rotatable bonds is 8. The van der Waals surface area contributed by atoms with E-state index in [9.17, 15) is 9.59 Å². The second-order valence-electron chi connectivity index (χ2n) is 6.76. The van der Waals surface area contributed by atoms with Crippen molar-refractivity contribution in [3.05, 3.63) is 41.5 Å². The first kappa shape index (κ1) is 20.5. The van der Waals surface area contributed by atoms with E-state index in [0.29, 0.717) is 22.8 Å². The lowest BCUT2D eigenvalue weighted by Crippen LogP contribution is -2.16. The van der Waals surface area contributed by atoms with Crippen LogP contribution < -0.4 is 14.2 Å². The molecule has 0 aliphatic carbocycles. The molecule has 0 unspecified atom stereocenters. The average Bonchev–Trinajstić information content (AvgIpc) is 3.11. The lowest BCUT2D eigenvalue weighted by atomic mass is 9.95. The second-order valence-corrected chi connectivity index (χ2v) is 6.76. The van der Waals surface area contributed by atoms with Crippen LogP contribution in [0.15, 0.2) is 30.3 Å². The summed E-state index contributed by atoms with van der Waals surface area (Å²) in [4.78, 5) is 23.6. The van der Waals surface area contributed by atoms with Crippen LogP contribution in [0, 0.1) is 5.92 Å². The first-order chi connectivity index (χ1) is 14.0. The van der Waals surface area contributed by atoms with Crippen LogP contribution in [0.3, 0.4) is 0 Å². The lowest BCUT2D eigenvalue weighted by molar-refractivity contribution is -0.148. The molecule has 0 N–H and O–H groups in total. The molecule has 2 aromatic carbocycles. The van der Waals surface area contributed by atoms with Crippen molar-refractivity contribution >= 4 is 11.9 Å². The molecule has 7 heteroatoms. The van der Waals surface area contributed by atoms with Crippen molar-refractivity contribution in [2.75, 3.05) is 27.4 Å². The number of fused-ring (bicyclic) bond motifs is 1. The minimum atomic E-state index is -0.342. The van der Waals surface area contributed by atoms with E-state index in [4.69, 9.17) is 23.7 Å². The second kappa shape index (κ2) is 8.86. The fraction of sp³-hybridized carbons (Fsp3) is 0.364. The molecule has 0 saturated heterocycles. The van der Waals surface area contributed by atoms with Crippen LogP contribution in [-0.4, -0.2) is 39.4 Å². The molecule has 1 aliphatic heterocycles. The van der Waals surface area contributed by atoms with Crippen LogP contribution in [0.2, 0.25) is 0 Å². The van der Waals surface area contributed by atoms with Crippen LogP contribution in [0.25, 0.3) is 11.1 Å². The van der Waals surface area contributed by atoms with Gasteiger partial charge >= 0.3 is 11.9 Å². The smallest absolute Gasteiger partial charge is 0.338 e. The third-order valence-electron chi connectivity index (χ3n) is 4.58. The molecule has 0 fully saturated rings. The van der Waals surface area contributed by atoms with E-state index in [2.05, 4.69) is 0 Å². The maximum absolute atomic E-state index is 11.9. The molecule has 7 nitrogen and oxygen atoms in total. The number of ether oxygens (including phenoxy) is 5. The minimum absolute atomic E-state index is 0.102. The van der Waals surface area contributed by atoms with Gasteiger partial charge in [-0.2, -0.15) is 0 Å². The minimum Gasteiger partial charge on any atom is -0.493 e. The largest absolute Gasteiger partial charge is 0.493 e. The fourth-order valence-corrected chi connectivity index (χ4v) is 3.11. The molecule has 0 atom stereocenters. The quantitative estimate of drug-likeness (QED) is 0.494. The molecule has 0 spiro atoms. The van der Waals surface area contributed by atoms with Crippen molar-refractivity contribution < 1.29 is 33.3 Å². The number of hydrogen-bond donors (Lipinski definition) is 0. The van der Waals surface area contributed by atoms with E-state index in [1.54, 1.807) is 39.2 Å². The molecule has 3 rings (SSSR count). The highest BCUT2D eigenvalue weighted by Crippen LogP contribution is 2.46. The molecule has 0 saturated carbocycles. The van der Waals surface area contributed by atoms with Crippen LogP contribution >= 0.6 is 0 Å². The fourth-order valence-electron chi connectivity index (χ4n) is 3.11. The van der Waals surface area contributed by atoms with Crippen molar-refractivity contribution in [1.29, 1.82) is 0 Å². The topological polar surface area (TPSA) is 80.3 Å². The maximum Gasteiger partial charge on any atom is 0.338 e. The summed E-state index contributed by atoms with van der Waals surface area (Å²) in [5, 5.41) is 0. The Bertz CT molecular complexity index is 918. The number of methoxy groups -OCH3 is 2. The maximum atomic E-state index is 11.9. The molecule has 0 radical (unpaired) electrons. The van der Waals surface area contributed by atoms with Crippen molar-refractivity contribution in [3.8, 4) is 28.4 Å². The van der Waals surface area contributed by atoms with Gasteiger partial charge in [0, 0.05) is 11.1 Å². The molecule has 0 bridgehead atoms. The summed E-state index contributed by atoms with van der Waals surface area (Å²) in [7, 11) is 3.06. The van der Waals surface area contributed by atoms with Crippen LogP contribution in [-0.2, 0) is 20.9 Å².